The van der Waals surface area contributed by atoms with Crippen LogP contribution in [0.15, 0.2) is 91.0 Å². The molecule has 29 heavy (non-hydrogen) atoms. The Hall–Kier alpha value is -3.59. The van der Waals surface area contributed by atoms with Gasteiger partial charge in [-0.25, -0.2) is 4.39 Å². The van der Waals surface area contributed by atoms with Crippen LogP contribution in [0.3, 0.4) is 0 Å². The van der Waals surface area contributed by atoms with Gasteiger partial charge in [0.25, 0.3) is 0 Å². The van der Waals surface area contributed by atoms with Crippen LogP contribution in [0.5, 0.6) is 11.5 Å². The average Bonchev–Trinajstić information content (AvgIpc) is 2.74. The van der Waals surface area contributed by atoms with Gasteiger partial charge in [-0.3, -0.25) is 0 Å². The molecule has 0 radical (unpaired) electrons. The van der Waals surface area contributed by atoms with E-state index >= 15 is 0 Å². The molecule has 4 aromatic carbocycles. The number of aryl methyl sites for hydroxylation is 1. The molecule has 144 valence electrons. The summed E-state index contributed by atoms with van der Waals surface area (Å²) in [4.78, 5) is 0. The van der Waals surface area contributed by atoms with Crippen LogP contribution in [-0.2, 0) is 6.61 Å². The number of benzene rings is 4. The van der Waals surface area contributed by atoms with Crippen LogP contribution in [0.25, 0.3) is 22.3 Å². The van der Waals surface area contributed by atoms with Crippen molar-refractivity contribution in [2.24, 2.45) is 0 Å². The normalized spacial score (nSPS) is 10.7. The van der Waals surface area contributed by atoms with Gasteiger partial charge >= 0.3 is 0 Å². The van der Waals surface area contributed by atoms with Gasteiger partial charge in [0.2, 0.25) is 0 Å². The molecule has 0 bridgehead atoms. The monoisotopic (exact) mass is 384 g/mol. The number of hydrogen-bond acceptors (Lipinski definition) is 2. The lowest BCUT2D eigenvalue weighted by atomic mass is 9.95. The number of halogens is 1. The second-order valence-corrected chi connectivity index (χ2v) is 7.00. The van der Waals surface area contributed by atoms with Crippen LogP contribution in [0.4, 0.5) is 4.39 Å². The van der Waals surface area contributed by atoms with E-state index in [1.165, 1.54) is 6.07 Å². The molecule has 0 aliphatic rings. The fourth-order valence-corrected chi connectivity index (χ4v) is 3.34. The first-order valence-corrected chi connectivity index (χ1v) is 9.47. The second-order valence-electron chi connectivity index (χ2n) is 7.00. The van der Waals surface area contributed by atoms with Crippen molar-refractivity contribution in [2.45, 2.75) is 13.5 Å². The summed E-state index contributed by atoms with van der Waals surface area (Å²) in [6.07, 6.45) is 0. The molecular weight excluding hydrogens is 363 g/mol. The molecule has 0 aromatic heterocycles. The second kappa shape index (κ2) is 8.19. The van der Waals surface area contributed by atoms with Crippen LogP contribution in [0.2, 0.25) is 0 Å². The molecule has 0 fully saturated rings. The third-order valence-corrected chi connectivity index (χ3v) is 4.91. The highest BCUT2D eigenvalue weighted by molar-refractivity contribution is 5.74. The average molecular weight is 384 g/mol. The van der Waals surface area contributed by atoms with E-state index in [2.05, 4.69) is 0 Å². The first kappa shape index (κ1) is 18.8. The van der Waals surface area contributed by atoms with Crippen molar-refractivity contribution < 1.29 is 14.2 Å². The van der Waals surface area contributed by atoms with Gasteiger partial charge < -0.3 is 9.84 Å². The summed E-state index contributed by atoms with van der Waals surface area (Å²) in [6.45, 7) is 2.36. The minimum Gasteiger partial charge on any atom is -0.508 e. The Balaban J connectivity index is 1.54. The predicted octanol–water partition coefficient (Wildman–Crippen LogP) is 6.75. The van der Waals surface area contributed by atoms with Crippen molar-refractivity contribution in [3.63, 3.8) is 0 Å². The Bertz CT molecular complexity index is 1120. The lowest BCUT2D eigenvalue weighted by molar-refractivity contribution is 0.290. The van der Waals surface area contributed by atoms with Gasteiger partial charge in [0, 0.05) is 0 Å². The van der Waals surface area contributed by atoms with Crippen LogP contribution < -0.4 is 4.74 Å². The molecule has 4 aromatic rings. The Labute approximate surface area is 169 Å². The highest BCUT2D eigenvalue weighted by Gasteiger charge is 2.09. The van der Waals surface area contributed by atoms with E-state index in [4.69, 9.17) is 4.74 Å². The van der Waals surface area contributed by atoms with Crippen LogP contribution >= 0.6 is 0 Å². The predicted molar refractivity (Wildman–Crippen MR) is 114 cm³/mol. The molecule has 0 aliphatic heterocycles. The van der Waals surface area contributed by atoms with E-state index in [9.17, 15) is 9.50 Å². The number of aromatic hydroxyl groups is 1. The maximum atomic E-state index is 14.6. The zero-order valence-corrected chi connectivity index (χ0v) is 16.1. The fraction of sp³-hybridized carbons (Fsp3) is 0.0769. The number of hydrogen-bond donors (Lipinski definition) is 1. The van der Waals surface area contributed by atoms with Gasteiger partial charge in [0.15, 0.2) is 11.6 Å². The van der Waals surface area contributed by atoms with Crippen LogP contribution in [0, 0.1) is 12.7 Å². The van der Waals surface area contributed by atoms with Crippen molar-refractivity contribution in [3.8, 4) is 33.8 Å². The summed E-state index contributed by atoms with van der Waals surface area (Å²) in [7, 11) is 0. The minimum atomic E-state index is -0.376. The van der Waals surface area contributed by atoms with Gasteiger partial charge in [-0.2, -0.15) is 0 Å². The molecule has 4 rings (SSSR count). The van der Waals surface area contributed by atoms with Gasteiger partial charge in [-0.05, 0) is 64.6 Å². The molecule has 0 unspecified atom stereocenters. The molecule has 0 amide bonds. The largest absolute Gasteiger partial charge is 0.508 e. The Kier molecular flexibility index (Phi) is 5.30. The zero-order chi connectivity index (χ0) is 20.2. The molecule has 2 nitrogen and oxygen atoms in total. The summed E-state index contributed by atoms with van der Waals surface area (Å²) < 4.78 is 20.2. The standard InChI is InChI=1S/C26H21FO2/c1-18-15-21(9-13-24(18)20-7-11-23(28)12-8-20)22-10-14-26(25(27)16-22)29-17-19-5-3-2-4-6-19/h2-16,28H,17H2,1H3. The number of phenols is 1. The third kappa shape index (κ3) is 4.30. The van der Waals surface area contributed by atoms with Gasteiger partial charge in [0.1, 0.15) is 12.4 Å². The fourth-order valence-electron chi connectivity index (χ4n) is 3.34. The van der Waals surface area contributed by atoms with Crippen molar-refractivity contribution >= 4 is 0 Å². The van der Waals surface area contributed by atoms with Gasteiger partial charge in [0.05, 0.1) is 0 Å². The van der Waals surface area contributed by atoms with Crippen LogP contribution in [0.1, 0.15) is 11.1 Å². The first-order chi connectivity index (χ1) is 14.1. The molecule has 0 heterocycles. The maximum absolute atomic E-state index is 14.6. The van der Waals surface area contributed by atoms with E-state index in [0.29, 0.717) is 6.61 Å². The van der Waals surface area contributed by atoms with E-state index in [-0.39, 0.29) is 17.3 Å². The number of ether oxygens (including phenoxy) is 1. The summed E-state index contributed by atoms with van der Waals surface area (Å²) >= 11 is 0. The minimum absolute atomic E-state index is 0.244. The van der Waals surface area contributed by atoms with E-state index in [1.807, 2.05) is 73.7 Å². The van der Waals surface area contributed by atoms with E-state index < -0.39 is 0 Å². The molecule has 0 atom stereocenters. The zero-order valence-electron chi connectivity index (χ0n) is 16.1. The summed E-state index contributed by atoms with van der Waals surface area (Å²) in [5.74, 6) is 0.113. The Morgan fingerprint density at radius 1 is 0.759 bits per heavy atom. The molecule has 3 heteroatoms. The Morgan fingerprint density at radius 3 is 2.10 bits per heavy atom. The lowest BCUT2D eigenvalue weighted by Crippen LogP contribution is -1.97. The van der Waals surface area contributed by atoms with Gasteiger partial charge in [-0.1, -0.05) is 66.7 Å². The quantitative estimate of drug-likeness (QED) is 0.412. The molecule has 0 spiro atoms. The van der Waals surface area contributed by atoms with Crippen molar-refractivity contribution in [3.05, 3.63) is 108 Å². The van der Waals surface area contributed by atoms with Crippen LogP contribution in [-0.4, -0.2) is 5.11 Å². The third-order valence-electron chi connectivity index (χ3n) is 4.91. The molecule has 0 aliphatic carbocycles. The summed E-state index contributed by atoms with van der Waals surface area (Å²) in [6, 6.07) is 27.9. The van der Waals surface area contributed by atoms with Gasteiger partial charge in [-0.15, -0.1) is 0 Å². The number of phenolic OH excluding ortho intramolecular Hbond substituents is 1. The maximum Gasteiger partial charge on any atom is 0.165 e. The van der Waals surface area contributed by atoms with Crippen molar-refractivity contribution in [2.75, 3.05) is 0 Å². The molecule has 0 saturated carbocycles. The molecular formula is C26H21FO2. The molecule has 0 saturated heterocycles. The first-order valence-electron chi connectivity index (χ1n) is 9.47. The topological polar surface area (TPSA) is 29.5 Å². The van der Waals surface area contributed by atoms with E-state index in [0.717, 1.165) is 33.4 Å². The van der Waals surface area contributed by atoms with E-state index in [1.54, 1.807) is 18.2 Å². The van der Waals surface area contributed by atoms with Crippen molar-refractivity contribution in [1.82, 2.24) is 0 Å². The highest BCUT2D eigenvalue weighted by Crippen LogP contribution is 2.31. The summed E-state index contributed by atoms with van der Waals surface area (Å²) in [5.41, 5.74) is 5.93. The smallest absolute Gasteiger partial charge is 0.165 e. The highest BCUT2D eigenvalue weighted by atomic mass is 19.1. The van der Waals surface area contributed by atoms with Crippen molar-refractivity contribution in [1.29, 1.82) is 0 Å². The Morgan fingerprint density at radius 2 is 1.41 bits per heavy atom. The number of rotatable bonds is 5. The molecule has 1 N–H and O–H groups in total. The lowest BCUT2D eigenvalue weighted by Gasteiger charge is -2.11. The summed E-state index contributed by atoms with van der Waals surface area (Å²) in [5, 5.41) is 9.47. The SMILES string of the molecule is Cc1cc(-c2ccc(OCc3ccccc3)c(F)c2)ccc1-c1ccc(O)cc1.